The SMILES string of the molecule is COC(=O)c1cccc(NC(=O)c2ccc(C(=O)N3CCCCCC3)cc2)c1. The van der Waals surface area contributed by atoms with Gasteiger partial charge in [0.25, 0.3) is 11.8 Å². The molecule has 0 radical (unpaired) electrons. The third-order valence-electron chi connectivity index (χ3n) is 4.83. The highest BCUT2D eigenvalue weighted by Gasteiger charge is 2.17. The number of ether oxygens (including phenoxy) is 1. The predicted octanol–water partition coefficient (Wildman–Crippen LogP) is 3.74. The molecule has 0 spiro atoms. The van der Waals surface area contributed by atoms with Crippen LogP contribution in [0.5, 0.6) is 0 Å². The van der Waals surface area contributed by atoms with Gasteiger partial charge >= 0.3 is 5.97 Å². The summed E-state index contributed by atoms with van der Waals surface area (Å²) in [6.45, 7) is 1.58. The maximum atomic E-state index is 12.6. The molecule has 0 aromatic heterocycles. The molecule has 2 aromatic carbocycles. The minimum atomic E-state index is -0.465. The fraction of sp³-hybridized carbons (Fsp3) is 0.318. The molecule has 1 heterocycles. The Morgan fingerprint density at radius 1 is 0.857 bits per heavy atom. The van der Waals surface area contributed by atoms with E-state index in [4.69, 9.17) is 0 Å². The van der Waals surface area contributed by atoms with Crippen LogP contribution in [0.25, 0.3) is 0 Å². The molecule has 28 heavy (non-hydrogen) atoms. The van der Waals surface area contributed by atoms with Crippen LogP contribution in [0.1, 0.15) is 56.8 Å². The van der Waals surface area contributed by atoms with E-state index in [0.29, 0.717) is 22.4 Å². The molecule has 0 saturated carbocycles. The molecule has 1 saturated heterocycles. The highest BCUT2D eigenvalue weighted by molar-refractivity contribution is 6.05. The first kappa shape index (κ1) is 19.6. The molecule has 2 amide bonds. The number of carbonyl (C=O) groups excluding carboxylic acids is 3. The molecule has 0 atom stereocenters. The van der Waals surface area contributed by atoms with Crippen molar-refractivity contribution in [3.63, 3.8) is 0 Å². The fourth-order valence-electron chi connectivity index (χ4n) is 3.27. The van der Waals surface area contributed by atoms with Gasteiger partial charge in [0.05, 0.1) is 12.7 Å². The van der Waals surface area contributed by atoms with Crippen LogP contribution in [0, 0.1) is 0 Å². The van der Waals surface area contributed by atoms with E-state index in [1.165, 1.54) is 20.0 Å². The van der Waals surface area contributed by atoms with Gasteiger partial charge in [0.1, 0.15) is 0 Å². The van der Waals surface area contributed by atoms with Crippen molar-refractivity contribution in [2.75, 3.05) is 25.5 Å². The standard InChI is InChI=1S/C22H24N2O4/c1-28-22(27)18-7-6-8-19(15-18)23-20(25)16-9-11-17(12-10-16)21(26)24-13-4-2-3-5-14-24/h6-12,15H,2-5,13-14H2,1H3,(H,23,25). The predicted molar refractivity (Wildman–Crippen MR) is 107 cm³/mol. The van der Waals surface area contributed by atoms with Crippen molar-refractivity contribution in [3.05, 3.63) is 65.2 Å². The Morgan fingerprint density at radius 3 is 2.14 bits per heavy atom. The summed E-state index contributed by atoms with van der Waals surface area (Å²) >= 11 is 0. The Labute approximate surface area is 164 Å². The summed E-state index contributed by atoms with van der Waals surface area (Å²) in [5.74, 6) is -0.761. The maximum absolute atomic E-state index is 12.6. The average Bonchev–Trinajstić information content (AvgIpc) is 3.02. The number of amides is 2. The van der Waals surface area contributed by atoms with Gasteiger partial charge < -0.3 is 15.0 Å². The number of hydrogen-bond donors (Lipinski definition) is 1. The normalized spacial score (nSPS) is 14.1. The summed E-state index contributed by atoms with van der Waals surface area (Å²) in [7, 11) is 1.31. The molecule has 2 aromatic rings. The average molecular weight is 380 g/mol. The Kier molecular flexibility index (Phi) is 6.42. The van der Waals surface area contributed by atoms with Crippen molar-refractivity contribution >= 4 is 23.5 Å². The van der Waals surface area contributed by atoms with E-state index >= 15 is 0 Å². The number of benzene rings is 2. The van der Waals surface area contributed by atoms with Crippen LogP contribution in [-0.2, 0) is 4.74 Å². The van der Waals surface area contributed by atoms with Gasteiger partial charge in [-0.05, 0) is 55.3 Å². The number of nitrogens with zero attached hydrogens (tertiary/aromatic N) is 1. The van der Waals surface area contributed by atoms with Gasteiger partial charge in [-0.15, -0.1) is 0 Å². The number of anilines is 1. The number of rotatable bonds is 4. The maximum Gasteiger partial charge on any atom is 0.337 e. The zero-order chi connectivity index (χ0) is 19.9. The van der Waals surface area contributed by atoms with E-state index in [1.54, 1.807) is 48.5 Å². The quantitative estimate of drug-likeness (QED) is 0.820. The molecule has 0 unspecified atom stereocenters. The third-order valence-corrected chi connectivity index (χ3v) is 4.83. The summed E-state index contributed by atoms with van der Waals surface area (Å²) in [6.07, 6.45) is 4.41. The number of carbonyl (C=O) groups is 3. The van der Waals surface area contributed by atoms with E-state index in [1.807, 2.05) is 4.90 Å². The van der Waals surface area contributed by atoms with Gasteiger partial charge in [-0.3, -0.25) is 9.59 Å². The van der Waals surface area contributed by atoms with Gasteiger partial charge in [0.15, 0.2) is 0 Å². The first-order valence-corrected chi connectivity index (χ1v) is 9.47. The largest absolute Gasteiger partial charge is 0.465 e. The lowest BCUT2D eigenvalue weighted by atomic mass is 10.1. The summed E-state index contributed by atoms with van der Waals surface area (Å²) in [5, 5.41) is 2.76. The van der Waals surface area contributed by atoms with Gasteiger partial charge in [-0.25, -0.2) is 4.79 Å². The summed E-state index contributed by atoms with van der Waals surface area (Å²) in [5.41, 5.74) is 1.89. The number of esters is 1. The van der Waals surface area contributed by atoms with Crippen molar-refractivity contribution < 1.29 is 19.1 Å². The summed E-state index contributed by atoms with van der Waals surface area (Å²) in [6, 6.07) is 13.2. The minimum absolute atomic E-state index is 0.0136. The van der Waals surface area contributed by atoms with Gasteiger partial charge in [0.2, 0.25) is 0 Å². The van der Waals surface area contributed by atoms with Crippen LogP contribution in [-0.4, -0.2) is 42.9 Å². The number of likely N-dealkylation sites (tertiary alicyclic amines) is 1. The summed E-state index contributed by atoms with van der Waals surface area (Å²) < 4.78 is 4.69. The second kappa shape index (κ2) is 9.17. The molecule has 1 fully saturated rings. The molecule has 1 aliphatic rings. The molecule has 1 aliphatic heterocycles. The van der Waals surface area contributed by atoms with Gasteiger partial charge in [-0.1, -0.05) is 18.9 Å². The van der Waals surface area contributed by atoms with E-state index in [9.17, 15) is 14.4 Å². The monoisotopic (exact) mass is 380 g/mol. The van der Waals surface area contributed by atoms with E-state index in [-0.39, 0.29) is 11.8 Å². The van der Waals surface area contributed by atoms with Crippen LogP contribution in [0.3, 0.4) is 0 Å². The lowest BCUT2D eigenvalue weighted by Crippen LogP contribution is -2.31. The smallest absolute Gasteiger partial charge is 0.337 e. The second-order valence-electron chi connectivity index (χ2n) is 6.81. The van der Waals surface area contributed by atoms with Crippen LogP contribution in [0.2, 0.25) is 0 Å². The molecule has 1 N–H and O–H groups in total. The van der Waals surface area contributed by atoms with E-state index in [0.717, 1.165) is 25.9 Å². The highest BCUT2D eigenvalue weighted by atomic mass is 16.5. The molecular weight excluding hydrogens is 356 g/mol. The first-order chi connectivity index (χ1) is 13.6. The minimum Gasteiger partial charge on any atom is -0.465 e. The van der Waals surface area contributed by atoms with Crippen molar-refractivity contribution in [1.29, 1.82) is 0 Å². The molecule has 0 aliphatic carbocycles. The fourth-order valence-corrected chi connectivity index (χ4v) is 3.27. The van der Waals surface area contributed by atoms with Crippen LogP contribution < -0.4 is 5.32 Å². The zero-order valence-electron chi connectivity index (χ0n) is 15.9. The van der Waals surface area contributed by atoms with Crippen molar-refractivity contribution in [3.8, 4) is 0 Å². The second-order valence-corrected chi connectivity index (χ2v) is 6.81. The Balaban J connectivity index is 1.66. The molecule has 0 bridgehead atoms. The molecule has 6 nitrogen and oxygen atoms in total. The lowest BCUT2D eigenvalue weighted by Gasteiger charge is -2.20. The van der Waals surface area contributed by atoms with Gasteiger partial charge in [-0.2, -0.15) is 0 Å². The number of nitrogens with one attached hydrogen (secondary N) is 1. The number of methoxy groups -OCH3 is 1. The topological polar surface area (TPSA) is 75.7 Å². The summed E-state index contributed by atoms with van der Waals surface area (Å²) in [4.78, 5) is 38.6. The molecule has 6 heteroatoms. The van der Waals surface area contributed by atoms with Crippen LogP contribution in [0.15, 0.2) is 48.5 Å². The number of hydrogen-bond acceptors (Lipinski definition) is 4. The highest BCUT2D eigenvalue weighted by Crippen LogP contribution is 2.16. The van der Waals surface area contributed by atoms with Crippen LogP contribution >= 0.6 is 0 Å². The lowest BCUT2D eigenvalue weighted by molar-refractivity contribution is 0.0600. The molecular formula is C22H24N2O4. The molecule has 146 valence electrons. The third kappa shape index (κ3) is 4.76. The Morgan fingerprint density at radius 2 is 1.50 bits per heavy atom. The van der Waals surface area contributed by atoms with E-state index < -0.39 is 5.97 Å². The van der Waals surface area contributed by atoms with Crippen molar-refractivity contribution in [1.82, 2.24) is 4.90 Å². The Hall–Kier alpha value is -3.15. The first-order valence-electron chi connectivity index (χ1n) is 9.47. The zero-order valence-corrected chi connectivity index (χ0v) is 15.9. The Bertz CT molecular complexity index is 853. The molecule has 3 rings (SSSR count). The van der Waals surface area contributed by atoms with Crippen molar-refractivity contribution in [2.24, 2.45) is 0 Å². The van der Waals surface area contributed by atoms with Crippen LogP contribution in [0.4, 0.5) is 5.69 Å². The van der Waals surface area contributed by atoms with E-state index in [2.05, 4.69) is 10.1 Å². The van der Waals surface area contributed by atoms with Crippen molar-refractivity contribution in [2.45, 2.75) is 25.7 Å². The van der Waals surface area contributed by atoms with Gasteiger partial charge in [0, 0.05) is 29.9 Å².